The van der Waals surface area contributed by atoms with Gasteiger partial charge in [0, 0.05) is 24.3 Å². The number of benzene rings is 1. The maximum absolute atomic E-state index is 12.1. The third-order valence-corrected chi connectivity index (χ3v) is 3.08. The van der Waals surface area contributed by atoms with Crippen molar-refractivity contribution < 1.29 is 19.1 Å². The quantitative estimate of drug-likeness (QED) is 0.460. The van der Waals surface area contributed by atoms with Gasteiger partial charge in [0.2, 0.25) is 6.29 Å². The minimum Gasteiger partial charge on any atom is -0.349 e. The summed E-state index contributed by atoms with van der Waals surface area (Å²) in [5.74, 6) is -1.44. The fraction of sp³-hybridized carbons (Fsp3) is 0.385. The fourth-order valence-corrected chi connectivity index (χ4v) is 1.95. The van der Waals surface area contributed by atoms with E-state index in [2.05, 4.69) is 15.9 Å². The number of ether oxygens (including phenoxy) is 2. The van der Waals surface area contributed by atoms with Gasteiger partial charge in [0.1, 0.15) is 0 Å². The first kappa shape index (κ1) is 15.0. The first-order valence-corrected chi connectivity index (χ1v) is 6.19. The number of rotatable bonds is 6. The SMILES string of the molecule is COC(OC)C(=O)C(C)C(=O)c1cccc(Br)c1. The molecule has 1 aromatic carbocycles. The number of Topliss-reactive ketones (excluding diaryl/α,β-unsaturated/α-hetero) is 2. The molecule has 18 heavy (non-hydrogen) atoms. The lowest BCUT2D eigenvalue weighted by Gasteiger charge is -2.16. The molecular formula is C13H15BrO4. The Morgan fingerprint density at radius 2 is 1.83 bits per heavy atom. The van der Waals surface area contributed by atoms with Gasteiger partial charge in [0.05, 0.1) is 5.92 Å². The van der Waals surface area contributed by atoms with Gasteiger partial charge < -0.3 is 9.47 Å². The van der Waals surface area contributed by atoms with Gasteiger partial charge in [0.15, 0.2) is 11.6 Å². The predicted octanol–water partition coefficient (Wildman–Crippen LogP) is 2.46. The van der Waals surface area contributed by atoms with E-state index in [1.54, 1.807) is 25.1 Å². The van der Waals surface area contributed by atoms with Crippen molar-refractivity contribution in [1.82, 2.24) is 0 Å². The third-order valence-electron chi connectivity index (χ3n) is 2.59. The van der Waals surface area contributed by atoms with Crippen LogP contribution in [0.2, 0.25) is 0 Å². The van der Waals surface area contributed by atoms with Crippen LogP contribution in [0.25, 0.3) is 0 Å². The molecule has 0 radical (unpaired) electrons. The molecule has 0 aliphatic heterocycles. The molecule has 0 aromatic heterocycles. The zero-order valence-corrected chi connectivity index (χ0v) is 12.1. The van der Waals surface area contributed by atoms with E-state index in [-0.39, 0.29) is 11.6 Å². The number of hydrogen-bond acceptors (Lipinski definition) is 4. The van der Waals surface area contributed by atoms with E-state index >= 15 is 0 Å². The van der Waals surface area contributed by atoms with E-state index in [4.69, 9.17) is 9.47 Å². The average molecular weight is 315 g/mol. The monoisotopic (exact) mass is 314 g/mol. The molecule has 4 nitrogen and oxygen atoms in total. The van der Waals surface area contributed by atoms with E-state index in [1.807, 2.05) is 6.07 Å². The number of carbonyl (C=O) groups is 2. The van der Waals surface area contributed by atoms with Gasteiger partial charge in [-0.1, -0.05) is 28.1 Å². The van der Waals surface area contributed by atoms with Gasteiger partial charge in [0.25, 0.3) is 0 Å². The molecule has 0 heterocycles. The van der Waals surface area contributed by atoms with Crippen LogP contribution in [0.5, 0.6) is 0 Å². The van der Waals surface area contributed by atoms with Crippen LogP contribution in [0, 0.1) is 5.92 Å². The molecule has 1 atom stereocenters. The van der Waals surface area contributed by atoms with Crippen molar-refractivity contribution in [2.24, 2.45) is 5.92 Å². The van der Waals surface area contributed by atoms with Crippen LogP contribution in [0.4, 0.5) is 0 Å². The Morgan fingerprint density at radius 1 is 1.22 bits per heavy atom. The third kappa shape index (κ3) is 3.48. The summed E-state index contributed by atoms with van der Waals surface area (Å²) < 4.78 is 10.5. The molecule has 0 aliphatic carbocycles. The summed E-state index contributed by atoms with van der Waals surface area (Å²) in [6.45, 7) is 1.55. The molecular weight excluding hydrogens is 300 g/mol. The second-order valence-electron chi connectivity index (χ2n) is 3.80. The van der Waals surface area contributed by atoms with Crippen molar-refractivity contribution in [1.29, 1.82) is 0 Å². The number of carbonyl (C=O) groups excluding carboxylic acids is 2. The highest BCUT2D eigenvalue weighted by Crippen LogP contribution is 2.17. The Bertz CT molecular complexity index is 440. The average Bonchev–Trinajstić information content (AvgIpc) is 2.38. The molecule has 0 aliphatic rings. The summed E-state index contributed by atoms with van der Waals surface area (Å²) >= 11 is 3.29. The zero-order valence-electron chi connectivity index (χ0n) is 10.5. The first-order chi connectivity index (χ1) is 8.51. The topological polar surface area (TPSA) is 52.6 Å². The molecule has 1 aromatic rings. The van der Waals surface area contributed by atoms with E-state index in [0.717, 1.165) is 4.47 Å². The highest BCUT2D eigenvalue weighted by atomic mass is 79.9. The molecule has 0 N–H and O–H groups in total. The van der Waals surface area contributed by atoms with Gasteiger partial charge in [-0.2, -0.15) is 0 Å². The van der Waals surface area contributed by atoms with Gasteiger partial charge >= 0.3 is 0 Å². The second-order valence-corrected chi connectivity index (χ2v) is 4.72. The van der Waals surface area contributed by atoms with E-state index in [9.17, 15) is 9.59 Å². The Hall–Kier alpha value is -1.04. The van der Waals surface area contributed by atoms with Crippen molar-refractivity contribution in [3.63, 3.8) is 0 Å². The Balaban J connectivity index is 2.87. The fourth-order valence-electron chi connectivity index (χ4n) is 1.55. The maximum Gasteiger partial charge on any atom is 0.218 e. The molecule has 0 amide bonds. The van der Waals surface area contributed by atoms with E-state index in [0.29, 0.717) is 5.56 Å². The Labute approximate surface area is 114 Å². The van der Waals surface area contributed by atoms with Crippen molar-refractivity contribution in [3.05, 3.63) is 34.3 Å². The summed E-state index contributed by atoms with van der Waals surface area (Å²) in [7, 11) is 2.73. The molecule has 0 spiro atoms. The van der Waals surface area contributed by atoms with Crippen LogP contribution in [0.1, 0.15) is 17.3 Å². The van der Waals surface area contributed by atoms with Crippen LogP contribution in [0.3, 0.4) is 0 Å². The van der Waals surface area contributed by atoms with Crippen LogP contribution in [-0.4, -0.2) is 32.1 Å². The number of halogens is 1. The summed E-state index contributed by atoms with van der Waals surface area (Å²) in [5, 5.41) is 0. The van der Waals surface area contributed by atoms with E-state index < -0.39 is 12.2 Å². The summed E-state index contributed by atoms with van der Waals surface area (Å²) in [5.41, 5.74) is 0.483. The van der Waals surface area contributed by atoms with Crippen LogP contribution in [0.15, 0.2) is 28.7 Å². The minimum absolute atomic E-state index is 0.250. The Morgan fingerprint density at radius 3 is 2.33 bits per heavy atom. The highest BCUT2D eigenvalue weighted by Gasteiger charge is 2.29. The second kappa shape index (κ2) is 6.78. The predicted molar refractivity (Wildman–Crippen MR) is 70.4 cm³/mol. The first-order valence-electron chi connectivity index (χ1n) is 5.40. The lowest BCUT2D eigenvalue weighted by Crippen LogP contribution is -2.34. The molecule has 1 unspecified atom stereocenters. The van der Waals surface area contributed by atoms with Gasteiger partial charge in [-0.3, -0.25) is 9.59 Å². The van der Waals surface area contributed by atoms with Crippen molar-refractivity contribution in [3.8, 4) is 0 Å². The van der Waals surface area contributed by atoms with Crippen LogP contribution >= 0.6 is 15.9 Å². The smallest absolute Gasteiger partial charge is 0.218 e. The Kier molecular flexibility index (Phi) is 5.65. The standard InChI is InChI=1S/C13H15BrO4/c1-8(12(16)13(17-2)18-3)11(15)9-5-4-6-10(14)7-9/h4-8,13H,1-3H3. The lowest BCUT2D eigenvalue weighted by molar-refractivity contribution is -0.158. The number of hydrogen-bond donors (Lipinski definition) is 0. The van der Waals surface area contributed by atoms with Crippen molar-refractivity contribution >= 4 is 27.5 Å². The number of ketones is 2. The van der Waals surface area contributed by atoms with Gasteiger partial charge in [-0.05, 0) is 19.1 Å². The van der Waals surface area contributed by atoms with Crippen molar-refractivity contribution in [2.45, 2.75) is 13.2 Å². The number of methoxy groups -OCH3 is 2. The summed E-state index contributed by atoms with van der Waals surface area (Å²) in [4.78, 5) is 24.0. The maximum atomic E-state index is 12.1. The normalized spacial score (nSPS) is 12.5. The molecule has 0 saturated heterocycles. The largest absolute Gasteiger partial charge is 0.349 e. The molecule has 98 valence electrons. The molecule has 0 fully saturated rings. The highest BCUT2D eigenvalue weighted by molar-refractivity contribution is 9.10. The molecule has 1 rings (SSSR count). The molecule has 5 heteroatoms. The summed E-state index contributed by atoms with van der Waals surface area (Å²) in [6.07, 6.45) is -1.00. The van der Waals surface area contributed by atoms with Gasteiger partial charge in [-0.25, -0.2) is 0 Å². The molecule has 0 bridgehead atoms. The van der Waals surface area contributed by atoms with Crippen LogP contribution in [-0.2, 0) is 14.3 Å². The lowest BCUT2D eigenvalue weighted by atomic mass is 9.95. The molecule has 0 saturated carbocycles. The van der Waals surface area contributed by atoms with E-state index in [1.165, 1.54) is 14.2 Å². The van der Waals surface area contributed by atoms with Crippen molar-refractivity contribution in [2.75, 3.05) is 14.2 Å². The zero-order chi connectivity index (χ0) is 13.7. The summed E-state index contributed by atoms with van der Waals surface area (Å²) in [6, 6.07) is 6.92. The van der Waals surface area contributed by atoms with Gasteiger partial charge in [-0.15, -0.1) is 0 Å². The minimum atomic E-state index is -1.00. The van der Waals surface area contributed by atoms with Crippen LogP contribution < -0.4 is 0 Å².